The Bertz CT molecular complexity index is 991. The molecule has 0 atom stereocenters. The minimum Gasteiger partial charge on any atom is -0.306 e. The molecule has 2 aromatic carbocycles. The van der Waals surface area contributed by atoms with Gasteiger partial charge in [0, 0.05) is 16.0 Å². The zero-order chi connectivity index (χ0) is 19.8. The highest BCUT2D eigenvalue weighted by atomic mass is 79.9. The van der Waals surface area contributed by atoms with Gasteiger partial charge in [0.15, 0.2) is 0 Å². The van der Waals surface area contributed by atoms with Crippen LogP contribution in [-0.2, 0) is 5.41 Å². The lowest BCUT2D eigenvalue weighted by atomic mass is 9.92. The molecule has 1 N–H and O–H groups in total. The summed E-state index contributed by atoms with van der Waals surface area (Å²) in [6, 6.07) is 14.5. The maximum absolute atomic E-state index is 12.8. The van der Waals surface area contributed by atoms with Crippen LogP contribution in [0.15, 0.2) is 53.0 Å². The maximum Gasteiger partial charge on any atom is 0.258 e. The molecule has 0 aliphatic rings. The Balaban J connectivity index is 2.03. The molecule has 1 amide bonds. The van der Waals surface area contributed by atoms with Gasteiger partial charge in [0.05, 0.1) is 27.0 Å². The summed E-state index contributed by atoms with van der Waals surface area (Å²) in [6.45, 7) is 6.21. The van der Waals surface area contributed by atoms with Crippen LogP contribution < -0.4 is 5.32 Å². The number of aromatic nitrogens is 2. The van der Waals surface area contributed by atoms with E-state index in [-0.39, 0.29) is 16.3 Å². The van der Waals surface area contributed by atoms with Crippen LogP contribution in [0.5, 0.6) is 0 Å². The molecule has 1 heterocycles. The highest BCUT2D eigenvalue weighted by molar-refractivity contribution is 9.10. The number of rotatable bonds is 3. The number of nitrogens with zero attached hydrogens (tertiary/aromatic N) is 2. The number of hydrogen-bond donors (Lipinski definition) is 1. The van der Waals surface area contributed by atoms with Gasteiger partial charge in [0.2, 0.25) is 0 Å². The number of carbonyl (C=O) groups excluding carboxylic acids is 1. The number of carbonyl (C=O) groups is 1. The SMILES string of the molecule is CC(C)(C)c1cc(NC(=O)c2cccc(Cl)c2Cl)n(-c2ccc(Br)cc2)n1. The number of hydrogen-bond acceptors (Lipinski definition) is 2. The summed E-state index contributed by atoms with van der Waals surface area (Å²) < 4.78 is 2.68. The first kappa shape index (κ1) is 19.9. The van der Waals surface area contributed by atoms with Crippen molar-refractivity contribution in [3.63, 3.8) is 0 Å². The number of halogens is 3. The largest absolute Gasteiger partial charge is 0.306 e. The normalized spacial score (nSPS) is 11.5. The molecule has 0 saturated heterocycles. The Morgan fingerprint density at radius 1 is 1.11 bits per heavy atom. The van der Waals surface area contributed by atoms with Gasteiger partial charge in [-0.1, -0.05) is 66.0 Å². The third kappa shape index (κ3) is 4.37. The van der Waals surface area contributed by atoms with E-state index in [9.17, 15) is 4.79 Å². The summed E-state index contributed by atoms with van der Waals surface area (Å²) in [6.07, 6.45) is 0. The van der Waals surface area contributed by atoms with Gasteiger partial charge in [0.25, 0.3) is 5.91 Å². The summed E-state index contributed by atoms with van der Waals surface area (Å²) in [5, 5.41) is 8.16. The highest BCUT2D eigenvalue weighted by Gasteiger charge is 2.22. The van der Waals surface area contributed by atoms with Crippen LogP contribution in [0.4, 0.5) is 5.82 Å². The van der Waals surface area contributed by atoms with E-state index >= 15 is 0 Å². The molecule has 0 aliphatic carbocycles. The Morgan fingerprint density at radius 3 is 2.41 bits per heavy atom. The molecule has 0 unspecified atom stereocenters. The van der Waals surface area contributed by atoms with Crippen LogP contribution in [0.3, 0.4) is 0 Å². The van der Waals surface area contributed by atoms with Gasteiger partial charge in [0.1, 0.15) is 5.82 Å². The molecule has 1 aromatic heterocycles. The Kier molecular flexibility index (Phi) is 5.65. The second kappa shape index (κ2) is 7.66. The second-order valence-electron chi connectivity index (χ2n) is 7.11. The predicted octanol–water partition coefficient (Wildman–Crippen LogP) is 6.49. The lowest BCUT2D eigenvalue weighted by Gasteiger charge is -2.14. The van der Waals surface area contributed by atoms with E-state index in [2.05, 4.69) is 42.0 Å². The monoisotopic (exact) mass is 465 g/mol. The average Bonchev–Trinajstić information content (AvgIpc) is 3.02. The molecule has 7 heteroatoms. The molecule has 0 radical (unpaired) electrons. The number of nitrogens with one attached hydrogen (secondary N) is 1. The fraction of sp³-hybridized carbons (Fsp3) is 0.200. The summed E-state index contributed by atoms with van der Waals surface area (Å²) in [7, 11) is 0. The van der Waals surface area contributed by atoms with Crippen LogP contribution >= 0.6 is 39.1 Å². The van der Waals surface area contributed by atoms with Crippen molar-refractivity contribution in [2.75, 3.05) is 5.32 Å². The van der Waals surface area contributed by atoms with Crippen molar-refractivity contribution in [1.29, 1.82) is 0 Å². The molecular formula is C20H18BrCl2N3O. The van der Waals surface area contributed by atoms with E-state index in [1.807, 2.05) is 30.3 Å². The van der Waals surface area contributed by atoms with E-state index in [1.54, 1.807) is 22.9 Å². The van der Waals surface area contributed by atoms with Crippen molar-refractivity contribution in [2.45, 2.75) is 26.2 Å². The molecule has 0 spiro atoms. The van der Waals surface area contributed by atoms with Crippen LogP contribution in [0.2, 0.25) is 10.0 Å². The molecule has 3 rings (SSSR count). The van der Waals surface area contributed by atoms with Crippen molar-refractivity contribution in [2.24, 2.45) is 0 Å². The molecule has 3 aromatic rings. The molecule has 140 valence electrons. The van der Waals surface area contributed by atoms with Gasteiger partial charge in [-0.05, 0) is 36.4 Å². The van der Waals surface area contributed by atoms with Gasteiger partial charge >= 0.3 is 0 Å². The molecule has 27 heavy (non-hydrogen) atoms. The third-order valence-electron chi connectivity index (χ3n) is 3.99. The summed E-state index contributed by atoms with van der Waals surface area (Å²) in [5.41, 5.74) is 1.83. The number of amides is 1. The fourth-order valence-corrected chi connectivity index (χ4v) is 3.13. The van der Waals surface area contributed by atoms with Crippen LogP contribution in [0, 0.1) is 0 Å². The minimum atomic E-state index is -0.346. The van der Waals surface area contributed by atoms with Crippen molar-refractivity contribution >= 4 is 50.9 Å². The first-order chi connectivity index (χ1) is 12.7. The predicted molar refractivity (Wildman–Crippen MR) is 114 cm³/mol. The number of benzene rings is 2. The maximum atomic E-state index is 12.8. The van der Waals surface area contributed by atoms with Gasteiger partial charge < -0.3 is 5.32 Å². The van der Waals surface area contributed by atoms with Crippen LogP contribution in [0.1, 0.15) is 36.8 Å². The number of anilines is 1. The molecule has 4 nitrogen and oxygen atoms in total. The zero-order valence-electron chi connectivity index (χ0n) is 15.1. The lowest BCUT2D eigenvalue weighted by Crippen LogP contribution is -2.15. The van der Waals surface area contributed by atoms with E-state index in [1.165, 1.54) is 0 Å². The standard InChI is InChI=1S/C20H18BrCl2N3O/c1-20(2,3)16-11-17(26(25-16)13-9-7-12(21)8-10-13)24-19(27)14-5-4-6-15(22)18(14)23/h4-11H,1-3H3,(H,24,27). The minimum absolute atomic E-state index is 0.173. The Hall–Kier alpha value is -1.82. The Morgan fingerprint density at radius 2 is 1.78 bits per heavy atom. The summed E-state index contributed by atoms with van der Waals surface area (Å²) >= 11 is 15.7. The van der Waals surface area contributed by atoms with Gasteiger partial charge in [-0.25, -0.2) is 4.68 Å². The van der Waals surface area contributed by atoms with E-state index in [0.717, 1.165) is 15.9 Å². The molecule has 0 fully saturated rings. The second-order valence-corrected chi connectivity index (χ2v) is 8.81. The van der Waals surface area contributed by atoms with Crippen molar-refractivity contribution in [3.8, 4) is 5.69 Å². The van der Waals surface area contributed by atoms with Crippen molar-refractivity contribution in [1.82, 2.24) is 9.78 Å². The lowest BCUT2D eigenvalue weighted by molar-refractivity contribution is 0.102. The third-order valence-corrected chi connectivity index (χ3v) is 5.33. The molecule has 0 saturated carbocycles. The van der Waals surface area contributed by atoms with Crippen molar-refractivity contribution < 1.29 is 4.79 Å². The molecular weight excluding hydrogens is 449 g/mol. The van der Waals surface area contributed by atoms with Gasteiger partial charge in [-0.2, -0.15) is 5.10 Å². The van der Waals surface area contributed by atoms with Gasteiger partial charge in [-0.15, -0.1) is 0 Å². The van der Waals surface area contributed by atoms with Crippen molar-refractivity contribution in [3.05, 3.63) is 74.3 Å². The van der Waals surface area contributed by atoms with E-state index in [4.69, 9.17) is 28.3 Å². The first-order valence-corrected chi connectivity index (χ1v) is 9.83. The van der Waals surface area contributed by atoms with E-state index < -0.39 is 0 Å². The van der Waals surface area contributed by atoms with Crippen LogP contribution in [0.25, 0.3) is 5.69 Å². The molecule has 0 bridgehead atoms. The summed E-state index contributed by atoms with van der Waals surface area (Å²) in [4.78, 5) is 12.8. The van der Waals surface area contributed by atoms with Gasteiger partial charge in [-0.3, -0.25) is 4.79 Å². The fourth-order valence-electron chi connectivity index (χ4n) is 2.48. The molecule has 0 aliphatic heterocycles. The topological polar surface area (TPSA) is 46.9 Å². The smallest absolute Gasteiger partial charge is 0.258 e. The highest BCUT2D eigenvalue weighted by Crippen LogP contribution is 2.29. The summed E-state index contributed by atoms with van der Waals surface area (Å²) in [5.74, 6) is 0.213. The zero-order valence-corrected chi connectivity index (χ0v) is 18.2. The van der Waals surface area contributed by atoms with Crippen LogP contribution in [-0.4, -0.2) is 15.7 Å². The first-order valence-electron chi connectivity index (χ1n) is 8.28. The Labute approximate surface area is 176 Å². The quantitative estimate of drug-likeness (QED) is 0.479. The van der Waals surface area contributed by atoms with E-state index in [0.29, 0.717) is 16.4 Å². The average molecular weight is 467 g/mol.